The first kappa shape index (κ1) is 16.6. The summed E-state index contributed by atoms with van der Waals surface area (Å²) in [5.41, 5.74) is 5.65. The number of methoxy groups -OCH3 is 1. The van der Waals surface area contributed by atoms with Gasteiger partial charge in [0.05, 0.1) is 11.7 Å². The van der Waals surface area contributed by atoms with Gasteiger partial charge in [-0.1, -0.05) is 48.0 Å². The quantitative estimate of drug-likeness (QED) is 0.722. The molecule has 1 aliphatic heterocycles. The van der Waals surface area contributed by atoms with Gasteiger partial charge < -0.3 is 14.2 Å². The number of rotatable bonds is 3. The number of carbonyl (C=O) groups excluding carboxylic acids is 1. The molecule has 1 amide bonds. The Morgan fingerprint density at radius 2 is 1.85 bits per heavy atom. The number of hydrogen-bond donors (Lipinski definition) is 0. The molecular weight excluding hydrogens is 324 g/mol. The van der Waals surface area contributed by atoms with Gasteiger partial charge in [0.2, 0.25) is 5.91 Å². The van der Waals surface area contributed by atoms with Crippen molar-refractivity contribution in [2.24, 2.45) is 0 Å². The minimum absolute atomic E-state index is 0.0115. The van der Waals surface area contributed by atoms with Gasteiger partial charge in [0.1, 0.15) is 6.61 Å². The highest BCUT2D eigenvalue weighted by Gasteiger charge is 2.32. The van der Waals surface area contributed by atoms with Crippen LogP contribution in [0.15, 0.2) is 66.9 Å². The number of benzene rings is 2. The maximum absolute atomic E-state index is 12.9. The molecule has 26 heavy (non-hydrogen) atoms. The van der Waals surface area contributed by atoms with Crippen LogP contribution in [0.4, 0.5) is 0 Å². The number of aromatic nitrogens is 1. The van der Waals surface area contributed by atoms with E-state index in [4.69, 9.17) is 4.74 Å². The minimum Gasteiger partial charge on any atom is -0.375 e. The molecule has 0 aliphatic carbocycles. The highest BCUT2D eigenvalue weighted by molar-refractivity contribution is 5.79. The van der Waals surface area contributed by atoms with Crippen molar-refractivity contribution in [1.29, 1.82) is 0 Å². The zero-order chi connectivity index (χ0) is 18.1. The Balaban J connectivity index is 1.91. The lowest BCUT2D eigenvalue weighted by molar-refractivity contribution is -0.137. The van der Waals surface area contributed by atoms with Gasteiger partial charge in [-0.3, -0.25) is 4.79 Å². The van der Waals surface area contributed by atoms with E-state index >= 15 is 0 Å². The SMILES string of the molecule is COCC(=O)N1Cc2ccccc2-n2cccc2C1c1ccc(C)cc1. The van der Waals surface area contributed by atoms with Crippen LogP contribution in [0.5, 0.6) is 0 Å². The van der Waals surface area contributed by atoms with E-state index in [1.54, 1.807) is 7.11 Å². The van der Waals surface area contributed by atoms with Gasteiger partial charge in [-0.15, -0.1) is 0 Å². The summed E-state index contributed by atoms with van der Waals surface area (Å²) in [6.45, 7) is 2.70. The summed E-state index contributed by atoms with van der Waals surface area (Å²) >= 11 is 0. The Bertz CT molecular complexity index is 927. The van der Waals surface area contributed by atoms with Crippen LogP contribution in [-0.2, 0) is 16.1 Å². The fraction of sp³-hybridized carbons (Fsp3) is 0.227. The van der Waals surface area contributed by atoms with Crippen LogP contribution in [-0.4, -0.2) is 29.1 Å². The van der Waals surface area contributed by atoms with E-state index < -0.39 is 0 Å². The standard InChI is InChI=1S/C22H22N2O2/c1-16-9-11-17(12-10-16)22-20-8-5-13-23(20)19-7-4-3-6-18(19)14-24(22)21(25)15-26-2/h3-13,22H,14-15H2,1-2H3. The number of amides is 1. The number of carbonyl (C=O) groups is 1. The number of hydrogen-bond acceptors (Lipinski definition) is 2. The predicted octanol–water partition coefficient (Wildman–Crippen LogP) is 3.86. The molecule has 1 unspecified atom stereocenters. The zero-order valence-corrected chi connectivity index (χ0v) is 15.1. The summed E-state index contributed by atoms with van der Waals surface area (Å²) in [6, 6.07) is 20.7. The van der Waals surface area contributed by atoms with E-state index in [0.29, 0.717) is 6.54 Å². The zero-order valence-electron chi connectivity index (χ0n) is 15.1. The number of aryl methyl sites for hydroxylation is 1. The minimum atomic E-state index is -0.152. The molecule has 132 valence electrons. The molecule has 0 saturated carbocycles. The number of ether oxygens (including phenoxy) is 1. The third-order valence-corrected chi connectivity index (χ3v) is 4.95. The van der Waals surface area contributed by atoms with Crippen LogP contribution in [0.1, 0.15) is 28.4 Å². The maximum atomic E-state index is 12.9. The van der Waals surface area contributed by atoms with E-state index in [2.05, 4.69) is 60.2 Å². The molecule has 2 heterocycles. The van der Waals surface area contributed by atoms with Crippen LogP contribution in [0, 0.1) is 6.92 Å². The van der Waals surface area contributed by atoms with Crippen molar-refractivity contribution in [3.63, 3.8) is 0 Å². The molecule has 1 aromatic heterocycles. The van der Waals surface area contributed by atoms with Gasteiger partial charge in [-0.2, -0.15) is 0 Å². The van der Waals surface area contributed by atoms with E-state index in [-0.39, 0.29) is 18.6 Å². The second kappa shape index (κ2) is 6.81. The van der Waals surface area contributed by atoms with E-state index in [0.717, 1.165) is 22.5 Å². The summed E-state index contributed by atoms with van der Waals surface area (Å²) in [6.07, 6.45) is 2.07. The van der Waals surface area contributed by atoms with Gasteiger partial charge in [0, 0.05) is 25.5 Å². The Labute approximate surface area is 153 Å². The molecule has 0 N–H and O–H groups in total. The molecule has 4 rings (SSSR count). The normalized spacial score (nSPS) is 15.9. The lowest BCUT2D eigenvalue weighted by atomic mass is 10.0. The highest BCUT2D eigenvalue weighted by atomic mass is 16.5. The Morgan fingerprint density at radius 1 is 1.08 bits per heavy atom. The Hall–Kier alpha value is -2.85. The fourth-order valence-electron chi connectivity index (χ4n) is 3.69. The molecule has 0 radical (unpaired) electrons. The van der Waals surface area contributed by atoms with E-state index in [1.807, 2.05) is 23.1 Å². The van der Waals surface area contributed by atoms with Crippen LogP contribution >= 0.6 is 0 Å². The second-order valence-electron chi connectivity index (χ2n) is 6.70. The van der Waals surface area contributed by atoms with Gasteiger partial charge in [0.15, 0.2) is 0 Å². The molecule has 1 atom stereocenters. The smallest absolute Gasteiger partial charge is 0.249 e. The highest BCUT2D eigenvalue weighted by Crippen LogP contribution is 2.36. The molecule has 0 saturated heterocycles. The molecule has 0 fully saturated rings. The van der Waals surface area contributed by atoms with Gasteiger partial charge >= 0.3 is 0 Å². The summed E-state index contributed by atoms with van der Waals surface area (Å²) in [4.78, 5) is 14.9. The fourth-order valence-corrected chi connectivity index (χ4v) is 3.69. The molecule has 4 nitrogen and oxygen atoms in total. The lowest BCUT2D eigenvalue weighted by Gasteiger charge is -2.30. The second-order valence-corrected chi connectivity index (χ2v) is 6.70. The first-order chi connectivity index (χ1) is 12.7. The monoisotopic (exact) mass is 346 g/mol. The molecular formula is C22H22N2O2. The maximum Gasteiger partial charge on any atom is 0.249 e. The van der Waals surface area contributed by atoms with Crippen LogP contribution in [0.3, 0.4) is 0 Å². The summed E-state index contributed by atoms with van der Waals surface area (Å²) in [5, 5.41) is 0. The van der Waals surface area contributed by atoms with E-state index in [1.165, 1.54) is 5.56 Å². The Morgan fingerprint density at radius 3 is 2.62 bits per heavy atom. The average Bonchev–Trinajstić information content (AvgIpc) is 3.07. The number of nitrogens with zero attached hydrogens (tertiary/aromatic N) is 2. The van der Waals surface area contributed by atoms with Crippen molar-refractivity contribution in [2.75, 3.05) is 13.7 Å². The van der Waals surface area contributed by atoms with Crippen LogP contribution in [0.2, 0.25) is 0 Å². The van der Waals surface area contributed by atoms with Crippen molar-refractivity contribution in [2.45, 2.75) is 19.5 Å². The van der Waals surface area contributed by atoms with Crippen molar-refractivity contribution >= 4 is 5.91 Å². The number of fused-ring (bicyclic) bond motifs is 3. The summed E-state index contributed by atoms with van der Waals surface area (Å²) in [5.74, 6) is -0.0115. The molecule has 1 aliphatic rings. The molecule has 0 bridgehead atoms. The van der Waals surface area contributed by atoms with Gasteiger partial charge in [-0.05, 0) is 36.2 Å². The topological polar surface area (TPSA) is 34.5 Å². The average molecular weight is 346 g/mol. The van der Waals surface area contributed by atoms with Crippen molar-refractivity contribution in [1.82, 2.24) is 9.47 Å². The van der Waals surface area contributed by atoms with Crippen molar-refractivity contribution in [3.8, 4) is 5.69 Å². The molecule has 4 heteroatoms. The largest absolute Gasteiger partial charge is 0.375 e. The van der Waals surface area contributed by atoms with Crippen LogP contribution in [0.25, 0.3) is 5.69 Å². The van der Waals surface area contributed by atoms with Gasteiger partial charge in [-0.25, -0.2) is 0 Å². The van der Waals surface area contributed by atoms with Crippen molar-refractivity contribution < 1.29 is 9.53 Å². The third-order valence-electron chi connectivity index (χ3n) is 4.95. The lowest BCUT2D eigenvalue weighted by Crippen LogP contribution is -2.37. The Kier molecular flexibility index (Phi) is 4.35. The third kappa shape index (κ3) is 2.82. The molecule has 3 aromatic rings. The number of para-hydroxylation sites is 1. The molecule has 2 aromatic carbocycles. The van der Waals surface area contributed by atoms with Gasteiger partial charge in [0.25, 0.3) is 0 Å². The van der Waals surface area contributed by atoms with E-state index in [9.17, 15) is 4.79 Å². The van der Waals surface area contributed by atoms with Crippen LogP contribution < -0.4 is 0 Å². The molecule has 0 spiro atoms. The first-order valence-electron chi connectivity index (χ1n) is 8.79. The van der Waals surface area contributed by atoms with Crippen molar-refractivity contribution in [3.05, 3.63) is 89.2 Å². The predicted molar refractivity (Wildman–Crippen MR) is 101 cm³/mol. The summed E-state index contributed by atoms with van der Waals surface area (Å²) < 4.78 is 7.35. The summed E-state index contributed by atoms with van der Waals surface area (Å²) in [7, 11) is 1.56. The first-order valence-corrected chi connectivity index (χ1v) is 8.79.